The van der Waals surface area contributed by atoms with E-state index in [0.29, 0.717) is 0 Å². The van der Waals surface area contributed by atoms with Crippen LogP contribution in [0.1, 0.15) is 24.0 Å². The average molecular weight is 161 g/mol. The van der Waals surface area contributed by atoms with E-state index < -0.39 is 0 Å². The molecule has 1 nitrogen and oxygen atoms in total. The van der Waals surface area contributed by atoms with Crippen molar-refractivity contribution < 1.29 is 0 Å². The van der Waals surface area contributed by atoms with Crippen LogP contribution in [0.3, 0.4) is 0 Å². The minimum atomic E-state index is 0.147. The lowest BCUT2D eigenvalue weighted by molar-refractivity contribution is 0.672. The van der Waals surface area contributed by atoms with Crippen molar-refractivity contribution in [3.05, 3.63) is 35.4 Å². The molecule has 0 amide bonds. The fourth-order valence-corrected chi connectivity index (χ4v) is 1.57. The Bertz CT molecular complexity index is 287. The summed E-state index contributed by atoms with van der Waals surface area (Å²) in [4.78, 5) is 0. The van der Waals surface area contributed by atoms with E-state index in [4.69, 9.17) is 5.73 Å². The maximum absolute atomic E-state index is 6.03. The number of benzene rings is 1. The summed E-state index contributed by atoms with van der Waals surface area (Å²) in [7, 11) is 0. The van der Waals surface area contributed by atoms with Gasteiger partial charge in [0.25, 0.3) is 0 Å². The molecule has 64 valence electrons. The molecule has 1 saturated carbocycles. The fourth-order valence-electron chi connectivity index (χ4n) is 1.57. The molecule has 0 aliphatic heterocycles. The van der Waals surface area contributed by atoms with Crippen LogP contribution in [0, 0.1) is 6.92 Å². The molecule has 1 aromatic rings. The van der Waals surface area contributed by atoms with E-state index in [-0.39, 0.29) is 5.54 Å². The average Bonchev–Trinajstić information content (AvgIpc) is 2.67. The molecule has 1 heteroatoms. The van der Waals surface area contributed by atoms with Crippen LogP contribution >= 0.6 is 0 Å². The second-order valence-electron chi connectivity index (χ2n) is 4.03. The molecule has 2 rings (SSSR count). The predicted molar refractivity (Wildman–Crippen MR) is 51.0 cm³/mol. The molecule has 0 bridgehead atoms. The van der Waals surface area contributed by atoms with Crippen LogP contribution in [0.4, 0.5) is 0 Å². The van der Waals surface area contributed by atoms with Crippen molar-refractivity contribution in [3.8, 4) is 0 Å². The van der Waals surface area contributed by atoms with Crippen LogP contribution < -0.4 is 5.73 Å². The van der Waals surface area contributed by atoms with Crippen LogP contribution in [0.15, 0.2) is 24.3 Å². The fraction of sp³-hybridized carbons (Fsp3) is 0.455. The lowest BCUT2D eigenvalue weighted by atomic mass is 10.0. The molecule has 0 radical (unpaired) electrons. The molecule has 1 aliphatic carbocycles. The first kappa shape index (κ1) is 7.81. The van der Waals surface area contributed by atoms with E-state index in [0.717, 1.165) is 6.42 Å². The third-order valence-electron chi connectivity index (χ3n) is 2.53. The molecule has 0 saturated heterocycles. The summed E-state index contributed by atoms with van der Waals surface area (Å²) >= 11 is 0. The third kappa shape index (κ3) is 1.67. The molecule has 0 spiro atoms. The Labute approximate surface area is 73.6 Å². The summed E-state index contributed by atoms with van der Waals surface area (Å²) in [5, 5.41) is 0. The maximum atomic E-state index is 6.03. The topological polar surface area (TPSA) is 26.0 Å². The normalized spacial score (nSPS) is 19.2. The highest BCUT2D eigenvalue weighted by molar-refractivity contribution is 5.25. The standard InChI is InChI=1S/C11H15N/c1-9-3-2-4-10(7-9)8-11(12)5-6-11/h2-4,7H,5-6,8,12H2,1H3. The number of rotatable bonds is 2. The van der Waals surface area contributed by atoms with Crippen molar-refractivity contribution in [2.75, 3.05) is 0 Å². The maximum Gasteiger partial charge on any atom is 0.0196 e. The van der Waals surface area contributed by atoms with E-state index in [2.05, 4.69) is 31.2 Å². The summed E-state index contributed by atoms with van der Waals surface area (Å²) in [6.45, 7) is 2.12. The van der Waals surface area contributed by atoms with Gasteiger partial charge in [-0.1, -0.05) is 29.8 Å². The SMILES string of the molecule is Cc1cccc(CC2(N)CC2)c1. The van der Waals surface area contributed by atoms with Crippen LogP contribution in [0.2, 0.25) is 0 Å². The molecule has 0 heterocycles. The molecule has 1 aliphatic rings. The summed E-state index contributed by atoms with van der Waals surface area (Å²) in [6, 6.07) is 8.63. The molecule has 1 fully saturated rings. The van der Waals surface area contributed by atoms with E-state index in [9.17, 15) is 0 Å². The molecule has 0 aromatic heterocycles. The van der Waals surface area contributed by atoms with E-state index >= 15 is 0 Å². The third-order valence-corrected chi connectivity index (χ3v) is 2.53. The molecular weight excluding hydrogens is 146 g/mol. The van der Waals surface area contributed by atoms with Gasteiger partial charge in [-0.05, 0) is 31.7 Å². The first-order chi connectivity index (χ1) is 5.68. The summed E-state index contributed by atoms with van der Waals surface area (Å²) < 4.78 is 0. The van der Waals surface area contributed by atoms with Crippen molar-refractivity contribution >= 4 is 0 Å². The van der Waals surface area contributed by atoms with Crippen LogP contribution in [-0.4, -0.2) is 5.54 Å². The van der Waals surface area contributed by atoms with Crippen LogP contribution in [0.25, 0.3) is 0 Å². The highest BCUT2D eigenvalue weighted by Gasteiger charge is 2.37. The zero-order valence-electron chi connectivity index (χ0n) is 7.51. The minimum Gasteiger partial charge on any atom is -0.325 e. The summed E-state index contributed by atoms with van der Waals surface area (Å²) in [6.07, 6.45) is 3.44. The van der Waals surface area contributed by atoms with E-state index in [1.807, 2.05) is 0 Å². The quantitative estimate of drug-likeness (QED) is 0.705. The predicted octanol–water partition coefficient (Wildman–Crippen LogP) is 2.03. The highest BCUT2D eigenvalue weighted by Crippen LogP contribution is 2.35. The molecule has 0 atom stereocenters. The Hall–Kier alpha value is -0.820. The van der Waals surface area contributed by atoms with E-state index in [1.165, 1.54) is 24.0 Å². The van der Waals surface area contributed by atoms with Crippen LogP contribution in [0.5, 0.6) is 0 Å². The van der Waals surface area contributed by atoms with Crippen molar-refractivity contribution in [2.24, 2.45) is 5.73 Å². The Balaban J connectivity index is 2.12. The summed E-state index contributed by atoms with van der Waals surface area (Å²) in [5.74, 6) is 0. The molecule has 0 unspecified atom stereocenters. The zero-order chi connectivity index (χ0) is 8.60. The minimum absolute atomic E-state index is 0.147. The van der Waals surface area contributed by atoms with Gasteiger partial charge in [0.1, 0.15) is 0 Å². The van der Waals surface area contributed by atoms with Gasteiger partial charge in [-0.25, -0.2) is 0 Å². The van der Waals surface area contributed by atoms with Crippen molar-refractivity contribution in [3.63, 3.8) is 0 Å². The number of hydrogen-bond donors (Lipinski definition) is 1. The van der Waals surface area contributed by atoms with Gasteiger partial charge in [0.05, 0.1) is 0 Å². The first-order valence-electron chi connectivity index (χ1n) is 4.52. The van der Waals surface area contributed by atoms with Gasteiger partial charge in [0.2, 0.25) is 0 Å². The van der Waals surface area contributed by atoms with Crippen molar-refractivity contribution in [2.45, 2.75) is 31.7 Å². The lowest BCUT2D eigenvalue weighted by Crippen LogP contribution is -2.24. The first-order valence-corrected chi connectivity index (χ1v) is 4.52. The second kappa shape index (κ2) is 2.60. The Morgan fingerprint density at radius 3 is 2.75 bits per heavy atom. The van der Waals surface area contributed by atoms with Gasteiger partial charge in [-0.3, -0.25) is 0 Å². The second-order valence-corrected chi connectivity index (χ2v) is 4.03. The van der Waals surface area contributed by atoms with Gasteiger partial charge < -0.3 is 5.73 Å². The molecular formula is C11H15N. The Morgan fingerprint density at radius 2 is 2.17 bits per heavy atom. The van der Waals surface area contributed by atoms with Gasteiger partial charge in [-0.15, -0.1) is 0 Å². The highest BCUT2D eigenvalue weighted by atomic mass is 14.8. The molecule has 2 N–H and O–H groups in total. The summed E-state index contributed by atoms with van der Waals surface area (Å²) in [5.41, 5.74) is 8.89. The molecule has 1 aromatic carbocycles. The van der Waals surface area contributed by atoms with Gasteiger partial charge in [-0.2, -0.15) is 0 Å². The number of hydrogen-bond acceptors (Lipinski definition) is 1. The van der Waals surface area contributed by atoms with Gasteiger partial charge >= 0.3 is 0 Å². The largest absolute Gasteiger partial charge is 0.325 e. The lowest BCUT2D eigenvalue weighted by Gasteiger charge is -2.08. The monoisotopic (exact) mass is 161 g/mol. The molecule has 12 heavy (non-hydrogen) atoms. The Morgan fingerprint density at radius 1 is 1.42 bits per heavy atom. The van der Waals surface area contributed by atoms with Gasteiger partial charge in [0, 0.05) is 5.54 Å². The Kier molecular flexibility index (Phi) is 1.69. The van der Waals surface area contributed by atoms with Crippen molar-refractivity contribution in [1.82, 2.24) is 0 Å². The number of aryl methyl sites for hydroxylation is 1. The zero-order valence-corrected chi connectivity index (χ0v) is 7.51. The number of nitrogens with two attached hydrogens (primary N) is 1. The van der Waals surface area contributed by atoms with Crippen molar-refractivity contribution in [1.29, 1.82) is 0 Å². The van der Waals surface area contributed by atoms with Crippen LogP contribution in [-0.2, 0) is 6.42 Å². The smallest absolute Gasteiger partial charge is 0.0196 e. The van der Waals surface area contributed by atoms with Gasteiger partial charge in [0.15, 0.2) is 0 Å². The van der Waals surface area contributed by atoms with E-state index in [1.54, 1.807) is 0 Å².